The van der Waals surface area contributed by atoms with Gasteiger partial charge in [-0.05, 0) is 65.7 Å². The van der Waals surface area contributed by atoms with E-state index < -0.39 is 5.60 Å². The van der Waals surface area contributed by atoms with Gasteiger partial charge in [-0.15, -0.1) is 0 Å². The van der Waals surface area contributed by atoms with Crippen molar-refractivity contribution >= 4 is 0 Å². The van der Waals surface area contributed by atoms with Crippen LogP contribution < -0.4 is 0 Å². The van der Waals surface area contributed by atoms with Gasteiger partial charge >= 0.3 is 0 Å². The Hall–Kier alpha value is -0.560. The van der Waals surface area contributed by atoms with E-state index in [2.05, 4.69) is 32.9 Å². The maximum Gasteiger partial charge on any atom is 0.0653 e. The molecule has 0 saturated carbocycles. The fourth-order valence-corrected chi connectivity index (χ4v) is 2.39. The molecule has 1 aliphatic carbocycles. The van der Waals surface area contributed by atoms with Crippen LogP contribution >= 0.6 is 0 Å². The molecule has 0 fully saturated rings. The van der Waals surface area contributed by atoms with Crippen LogP contribution in [0.1, 0.15) is 59.8 Å². The molecule has 16 heavy (non-hydrogen) atoms. The number of hydrogen-bond donors (Lipinski definition) is 1. The Bertz CT molecular complexity index is 280. The van der Waals surface area contributed by atoms with Gasteiger partial charge in [0.2, 0.25) is 0 Å². The van der Waals surface area contributed by atoms with Gasteiger partial charge in [-0.3, -0.25) is 0 Å². The predicted octanol–water partition coefficient (Wildman–Crippen LogP) is 4.23. The van der Waals surface area contributed by atoms with Crippen molar-refractivity contribution in [2.24, 2.45) is 5.92 Å². The van der Waals surface area contributed by atoms with Crippen LogP contribution in [0.4, 0.5) is 0 Å². The van der Waals surface area contributed by atoms with Gasteiger partial charge in [0.25, 0.3) is 0 Å². The molecular weight excluding hydrogens is 196 g/mol. The summed E-state index contributed by atoms with van der Waals surface area (Å²) in [5, 5.41) is 10.5. The molecule has 0 saturated heterocycles. The van der Waals surface area contributed by atoms with E-state index in [1.165, 1.54) is 11.1 Å². The fourth-order valence-electron chi connectivity index (χ4n) is 2.39. The molecule has 0 aliphatic heterocycles. The van der Waals surface area contributed by atoms with Gasteiger partial charge in [-0.2, -0.15) is 0 Å². The lowest BCUT2D eigenvalue weighted by molar-refractivity contribution is -0.0122. The van der Waals surface area contributed by atoms with Crippen molar-refractivity contribution in [3.8, 4) is 0 Å². The molecule has 1 heteroatoms. The molecule has 0 heterocycles. The topological polar surface area (TPSA) is 20.2 Å². The highest BCUT2D eigenvalue weighted by Gasteiger charge is 2.31. The third kappa shape index (κ3) is 4.13. The molecule has 1 rings (SSSR count). The van der Waals surface area contributed by atoms with Gasteiger partial charge in [-0.1, -0.05) is 23.3 Å². The second-order valence-electron chi connectivity index (χ2n) is 5.70. The zero-order valence-electron chi connectivity index (χ0n) is 11.2. The number of hydrogen-bond acceptors (Lipinski definition) is 1. The highest BCUT2D eigenvalue weighted by Crippen LogP contribution is 2.34. The summed E-state index contributed by atoms with van der Waals surface area (Å²) in [6.45, 7) is 8.42. The predicted molar refractivity (Wildman–Crippen MR) is 70.4 cm³/mol. The summed E-state index contributed by atoms with van der Waals surface area (Å²) in [6.07, 6.45) is 9.74. The molecule has 1 N–H and O–H groups in total. The van der Waals surface area contributed by atoms with Crippen LogP contribution in [-0.2, 0) is 0 Å². The normalized spacial score (nSPS) is 24.6. The molecule has 0 spiro atoms. The molecule has 92 valence electrons. The van der Waals surface area contributed by atoms with E-state index in [0.717, 1.165) is 32.1 Å². The van der Waals surface area contributed by atoms with Crippen LogP contribution in [0, 0.1) is 5.92 Å². The second kappa shape index (κ2) is 5.67. The van der Waals surface area contributed by atoms with Crippen molar-refractivity contribution < 1.29 is 5.11 Å². The maximum atomic E-state index is 10.5. The standard InChI is InChI=1S/C15H26O/c1-12(2)6-5-11-15(4,16)14-9-7-13(3)8-10-14/h6-7,14,16H,5,8-11H2,1-4H3. The summed E-state index contributed by atoms with van der Waals surface area (Å²) in [5.41, 5.74) is 2.33. The van der Waals surface area contributed by atoms with Crippen molar-refractivity contribution in [3.05, 3.63) is 23.3 Å². The molecular formula is C15H26O. The van der Waals surface area contributed by atoms with Gasteiger partial charge in [0.05, 0.1) is 5.60 Å². The molecule has 2 unspecified atom stereocenters. The third-order valence-corrected chi connectivity index (χ3v) is 3.72. The van der Waals surface area contributed by atoms with Crippen LogP contribution in [0.5, 0.6) is 0 Å². The van der Waals surface area contributed by atoms with Gasteiger partial charge in [0.1, 0.15) is 0 Å². The lowest BCUT2D eigenvalue weighted by Gasteiger charge is -2.34. The molecule has 0 bridgehead atoms. The van der Waals surface area contributed by atoms with Crippen molar-refractivity contribution in [3.63, 3.8) is 0 Å². The molecule has 0 radical (unpaired) electrons. The lowest BCUT2D eigenvalue weighted by Crippen LogP contribution is -2.35. The van der Waals surface area contributed by atoms with Gasteiger partial charge in [0, 0.05) is 0 Å². The van der Waals surface area contributed by atoms with Crippen molar-refractivity contribution in [1.82, 2.24) is 0 Å². The second-order valence-corrected chi connectivity index (χ2v) is 5.70. The zero-order chi connectivity index (χ0) is 12.2. The minimum absolute atomic E-state index is 0.446. The fraction of sp³-hybridized carbons (Fsp3) is 0.733. The summed E-state index contributed by atoms with van der Waals surface area (Å²) in [5.74, 6) is 0.446. The van der Waals surface area contributed by atoms with E-state index in [-0.39, 0.29) is 0 Å². The molecule has 2 atom stereocenters. The molecule has 0 aromatic rings. The van der Waals surface area contributed by atoms with Crippen molar-refractivity contribution in [2.75, 3.05) is 0 Å². The first-order chi connectivity index (χ1) is 7.42. The number of allylic oxidation sites excluding steroid dienone is 4. The molecule has 1 nitrogen and oxygen atoms in total. The SMILES string of the molecule is CC(C)=CCCC(C)(O)C1CC=C(C)CC1. The average molecular weight is 222 g/mol. The van der Waals surface area contributed by atoms with Crippen LogP contribution in [0.25, 0.3) is 0 Å². The number of rotatable bonds is 4. The largest absolute Gasteiger partial charge is 0.390 e. The Balaban J connectivity index is 2.47. The summed E-state index contributed by atoms with van der Waals surface area (Å²) in [6, 6.07) is 0. The monoisotopic (exact) mass is 222 g/mol. The number of aliphatic hydroxyl groups is 1. The summed E-state index contributed by atoms with van der Waals surface area (Å²) in [4.78, 5) is 0. The lowest BCUT2D eigenvalue weighted by atomic mass is 9.76. The van der Waals surface area contributed by atoms with Gasteiger partial charge in [0.15, 0.2) is 0 Å². The van der Waals surface area contributed by atoms with Crippen LogP contribution in [0.15, 0.2) is 23.3 Å². The highest BCUT2D eigenvalue weighted by atomic mass is 16.3. The maximum absolute atomic E-state index is 10.5. The van der Waals surface area contributed by atoms with Crippen molar-refractivity contribution in [1.29, 1.82) is 0 Å². The van der Waals surface area contributed by atoms with E-state index >= 15 is 0 Å². The smallest absolute Gasteiger partial charge is 0.0653 e. The van der Waals surface area contributed by atoms with Gasteiger partial charge < -0.3 is 5.11 Å². The Morgan fingerprint density at radius 2 is 2.25 bits per heavy atom. The minimum atomic E-state index is -0.497. The van der Waals surface area contributed by atoms with Crippen LogP contribution in [0.2, 0.25) is 0 Å². The average Bonchev–Trinajstić information content (AvgIpc) is 2.17. The first-order valence-electron chi connectivity index (χ1n) is 6.43. The minimum Gasteiger partial charge on any atom is -0.390 e. The van der Waals surface area contributed by atoms with Gasteiger partial charge in [-0.25, -0.2) is 0 Å². The molecule has 0 aromatic heterocycles. The highest BCUT2D eigenvalue weighted by molar-refractivity contribution is 5.06. The Labute approximate surface area is 100 Å². The van der Waals surface area contributed by atoms with Crippen LogP contribution in [-0.4, -0.2) is 10.7 Å². The van der Waals surface area contributed by atoms with E-state index in [0.29, 0.717) is 5.92 Å². The Morgan fingerprint density at radius 1 is 1.56 bits per heavy atom. The van der Waals surface area contributed by atoms with Crippen LogP contribution in [0.3, 0.4) is 0 Å². The quantitative estimate of drug-likeness (QED) is 0.706. The van der Waals surface area contributed by atoms with Crippen molar-refractivity contribution in [2.45, 2.75) is 65.4 Å². The zero-order valence-corrected chi connectivity index (χ0v) is 11.2. The first kappa shape index (κ1) is 13.5. The third-order valence-electron chi connectivity index (χ3n) is 3.72. The molecule has 1 aliphatic rings. The first-order valence-corrected chi connectivity index (χ1v) is 6.43. The summed E-state index contributed by atoms with van der Waals surface area (Å²) in [7, 11) is 0. The Morgan fingerprint density at radius 3 is 2.75 bits per heavy atom. The van der Waals surface area contributed by atoms with E-state index in [1.54, 1.807) is 0 Å². The van der Waals surface area contributed by atoms with E-state index in [9.17, 15) is 5.11 Å². The molecule has 0 amide bonds. The Kier molecular flexibility index (Phi) is 4.79. The summed E-state index contributed by atoms with van der Waals surface area (Å²) >= 11 is 0. The molecule has 0 aromatic carbocycles. The summed E-state index contributed by atoms with van der Waals surface area (Å²) < 4.78 is 0. The van der Waals surface area contributed by atoms with E-state index in [4.69, 9.17) is 0 Å². The van der Waals surface area contributed by atoms with E-state index in [1.807, 2.05) is 6.92 Å².